The Kier molecular flexibility index (Phi) is 4.57. The zero-order valence-corrected chi connectivity index (χ0v) is 10.1. The minimum absolute atomic E-state index is 0.0397. The third-order valence-corrected chi connectivity index (χ3v) is 2.50. The van der Waals surface area contributed by atoms with Crippen molar-refractivity contribution in [1.82, 2.24) is 0 Å². The predicted molar refractivity (Wildman–Crippen MR) is 64.7 cm³/mol. The van der Waals surface area contributed by atoms with E-state index in [2.05, 4.69) is 15.9 Å². The third-order valence-electron chi connectivity index (χ3n) is 2.00. The first-order chi connectivity index (χ1) is 7.54. The van der Waals surface area contributed by atoms with Crippen molar-refractivity contribution >= 4 is 27.6 Å². The van der Waals surface area contributed by atoms with Crippen LogP contribution in [0.1, 0.15) is 0 Å². The highest BCUT2D eigenvalue weighted by molar-refractivity contribution is 9.10. The molecule has 0 aromatic heterocycles. The molecular formula is C10H13BrN2O3. The Labute approximate surface area is 102 Å². The number of anilines is 1. The number of phenolic OH excluding ortho intramolecular Hbond substituents is 1. The first-order valence-corrected chi connectivity index (χ1v) is 5.49. The van der Waals surface area contributed by atoms with E-state index in [0.29, 0.717) is 18.8 Å². The van der Waals surface area contributed by atoms with Gasteiger partial charge in [0.1, 0.15) is 12.3 Å². The highest BCUT2D eigenvalue weighted by atomic mass is 79.9. The first-order valence-electron chi connectivity index (χ1n) is 4.70. The molecule has 1 rings (SSSR count). The number of phenols is 1. The molecule has 5 nitrogen and oxygen atoms in total. The van der Waals surface area contributed by atoms with Crippen LogP contribution in [0.4, 0.5) is 5.69 Å². The Morgan fingerprint density at radius 2 is 2.19 bits per heavy atom. The van der Waals surface area contributed by atoms with Crippen LogP contribution in [0.5, 0.6) is 5.75 Å². The summed E-state index contributed by atoms with van der Waals surface area (Å²) in [6.07, 6.45) is 0. The van der Waals surface area contributed by atoms with Gasteiger partial charge in [-0.1, -0.05) is 15.9 Å². The second-order valence-electron chi connectivity index (χ2n) is 3.24. The molecule has 16 heavy (non-hydrogen) atoms. The van der Waals surface area contributed by atoms with E-state index in [-0.39, 0.29) is 12.3 Å². The van der Waals surface area contributed by atoms with Gasteiger partial charge >= 0.3 is 5.97 Å². The summed E-state index contributed by atoms with van der Waals surface area (Å²) in [5.41, 5.74) is 5.86. The molecule has 0 fully saturated rings. The fourth-order valence-corrected chi connectivity index (χ4v) is 1.70. The van der Waals surface area contributed by atoms with Gasteiger partial charge in [-0.15, -0.1) is 0 Å². The van der Waals surface area contributed by atoms with E-state index >= 15 is 0 Å². The molecule has 0 amide bonds. The summed E-state index contributed by atoms with van der Waals surface area (Å²) in [5.74, 6) is -0.925. The molecule has 0 aliphatic heterocycles. The molecule has 0 heterocycles. The van der Waals surface area contributed by atoms with Gasteiger partial charge in [0, 0.05) is 17.6 Å². The normalized spacial score (nSPS) is 10.1. The number of nitrogens with two attached hydrogens (primary N) is 1. The van der Waals surface area contributed by atoms with Crippen molar-refractivity contribution in [2.75, 3.05) is 24.5 Å². The minimum Gasteiger partial charge on any atom is -0.506 e. The number of benzene rings is 1. The molecule has 4 N–H and O–H groups in total. The maximum atomic E-state index is 10.7. The standard InChI is InChI=1S/C10H13BrN2O3/c11-7-1-2-9(14)8(5-7)13(4-3-12)6-10(15)16/h1-2,5,14H,3-4,6,12H2,(H,15,16). The van der Waals surface area contributed by atoms with Crippen molar-refractivity contribution < 1.29 is 15.0 Å². The Hall–Kier alpha value is -1.27. The minimum atomic E-state index is -0.965. The summed E-state index contributed by atoms with van der Waals surface area (Å²) in [4.78, 5) is 12.2. The van der Waals surface area contributed by atoms with Crippen molar-refractivity contribution in [3.63, 3.8) is 0 Å². The molecule has 0 atom stereocenters. The maximum Gasteiger partial charge on any atom is 0.323 e. The van der Waals surface area contributed by atoms with Crippen LogP contribution < -0.4 is 10.6 Å². The number of rotatable bonds is 5. The number of hydrogen-bond donors (Lipinski definition) is 3. The number of carbonyl (C=O) groups is 1. The van der Waals surface area contributed by atoms with Crippen molar-refractivity contribution in [2.24, 2.45) is 5.73 Å². The molecule has 0 bridgehead atoms. The Bertz CT molecular complexity index is 384. The van der Waals surface area contributed by atoms with E-state index in [1.165, 1.54) is 11.0 Å². The van der Waals surface area contributed by atoms with Crippen LogP contribution in [-0.2, 0) is 4.79 Å². The van der Waals surface area contributed by atoms with Crippen molar-refractivity contribution in [2.45, 2.75) is 0 Å². The molecule has 0 unspecified atom stereocenters. The van der Waals surface area contributed by atoms with Crippen LogP contribution in [-0.4, -0.2) is 35.8 Å². The highest BCUT2D eigenvalue weighted by Crippen LogP contribution is 2.30. The molecule has 0 spiro atoms. The lowest BCUT2D eigenvalue weighted by atomic mass is 10.2. The van der Waals surface area contributed by atoms with Gasteiger partial charge in [-0.3, -0.25) is 4.79 Å². The number of aliphatic carboxylic acids is 1. The quantitative estimate of drug-likeness (QED) is 0.753. The second-order valence-corrected chi connectivity index (χ2v) is 4.15. The molecule has 0 radical (unpaired) electrons. The zero-order valence-electron chi connectivity index (χ0n) is 8.56. The van der Waals surface area contributed by atoms with E-state index in [1.54, 1.807) is 12.1 Å². The van der Waals surface area contributed by atoms with Crippen LogP contribution in [0.2, 0.25) is 0 Å². The van der Waals surface area contributed by atoms with Gasteiger partial charge in [0.15, 0.2) is 0 Å². The third kappa shape index (κ3) is 3.39. The van der Waals surface area contributed by atoms with Crippen LogP contribution in [0.15, 0.2) is 22.7 Å². The number of carboxylic acids is 1. The van der Waals surface area contributed by atoms with E-state index in [1.807, 2.05) is 0 Å². The van der Waals surface area contributed by atoms with E-state index in [0.717, 1.165) is 4.47 Å². The van der Waals surface area contributed by atoms with E-state index in [9.17, 15) is 9.90 Å². The number of nitrogens with zero attached hydrogens (tertiary/aromatic N) is 1. The van der Waals surface area contributed by atoms with E-state index < -0.39 is 5.97 Å². The average Bonchev–Trinajstić information content (AvgIpc) is 2.20. The van der Waals surface area contributed by atoms with Crippen molar-refractivity contribution in [3.05, 3.63) is 22.7 Å². The van der Waals surface area contributed by atoms with Crippen LogP contribution in [0.3, 0.4) is 0 Å². The molecule has 0 saturated carbocycles. The summed E-state index contributed by atoms with van der Waals surface area (Å²) < 4.78 is 0.771. The fraction of sp³-hybridized carbons (Fsp3) is 0.300. The van der Waals surface area contributed by atoms with Gasteiger partial charge in [-0.05, 0) is 18.2 Å². The maximum absolute atomic E-state index is 10.7. The summed E-state index contributed by atoms with van der Waals surface area (Å²) in [6, 6.07) is 4.85. The van der Waals surface area contributed by atoms with Gasteiger partial charge < -0.3 is 20.8 Å². The zero-order chi connectivity index (χ0) is 12.1. The van der Waals surface area contributed by atoms with Crippen LogP contribution in [0.25, 0.3) is 0 Å². The lowest BCUT2D eigenvalue weighted by molar-refractivity contribution is -0.135. The molecule has 6 heteroatoms. The highest BCUT2D eigenvalue weighted by Gasteiger charge is 2.13. The molecule has 88 valence electrons. The van der Waals surface area contributed by atoms with Crippen molar-refractivity contribution in [1.29, 1.82) is 0 Å². The SMILES string of the molecule is NCCN(CC(=O)O)c1cc(Br)ccc1O. The Morgan fingerprint density at radius 1 is 1.50 bits per heavy atom. The average molecular weight is 289 g/mol. The lowest BCUT2D eigenvalue weighted by Crippen LogP contribution is -2.34. The summed E-state index contributed by atoms with van der Waals surface area (Å²) in [5, 5.41) is 18.4. The summed E-state index contributed by atoms with van der Waals surface area (Å²) >= 11 is 3.27. The first kappa shape index (κ1) is 12.8. The number of hydrogen-bond acceptors (Lipinski definition) is 4. The monoisotopic (exact) mass is 288 g/mol. The summed E-state index contributed by atoms with van der Waals surface area (Å²) in [7, 11) is 0. The largest absolute Gasteiger partial charge is 0.506 e. The van der Waals surface area contributed by atoms with Crippen LogP contribution >= 0.6 is 15.9 Å². The molecule has 0 saturated heterocycles. The lowest BCUT2D eigenvalue weighted by Gasteiger charge is -2.23. The molecule has 1 aromatic carbocycles. The second kappa shape index (κ2) is 5.72. The van der Waals surface area contributed by atoms with Gasteiger partial charge in [-0.2, -0.15) is 0 Å². The van der Waals surface area contributed by atoms with Gasteiger partial charge in [0.05, 0.1) is 5.69 Å². The summed E-state index contributed by atoms with van der Waals surface area (Å²) in [6.45, 7) is 0.497. The van der Waals surface area contributed by atoms with Gasteiger partial charge in [0.2, 0.25) is 0 Å². The molecule has 0 aliphatic carbocycles. The van der Waals surface area contributed by atoms with Gasteiger partial charge in [0.25, 0.3) is 0 Å². The number of aromatic hydroxyl groups is 1. The number of halogens is 1. The molecule has 1 aromatic rings. The van der Waals surface area contributed by atoms with E-state index in [4.69, 9.17) is 10.8 Å². The van der Waals surface area contributed by atoms with Crippen LogP contribution in [0, 0.1) is 0 Å². The smallest absolute Gasteiger partial charge is 0.323 e. The fourth-order valence-electron chi connectivity index (χ4n) is 1.35. The molecule has 0 aliphatic rings. The predicted octanol–water partition coefficient (Wildman–Crippen LogP) is 1.00. The molecular weight excluding hydrogens is 276 g/mol. The van der Waals surface area contributed by atoms with Gasteiger partial charge in [-0.25, -0.2) is 0 Å². The van der Waals surface area contributed by atoms with Crippen molar-refractivity contribution in [3.8, 4) is 5.75 Å². The topological polar surface area (TPSA) is 86.8 Å². The Balaban J connectivity index is 2.99. The number of carboxylic acid groups (broad SMARTS) is 1. The Morgan fingerprint density at radius 3 is 2.75 bits per heavy atom.